The summed E-state index contributed by atoms with van der Waals surface area (Å²) in [6, 6.07) is 15.9. The number of hydrogen-bond donors (Lipinski definition) is 1. The molecule has 1 N–H and O–H groups in total. The Morgan fingerprint density at radius 1 is 1.10 bits per heavy atom. The normalized spacial score (nSPS) is 19.0. The lowest BCUT2D eigenvalue weighted by molar-refractivity contribution is -0.128. The second-order valence-electron chi connectivity index (χ2n) is 7.55. The zero-order valence-electron chi connectivity index (χ0n) is 17.2. The van der Waals surface area contributed by atoms with Crippen LogP contribution in [0.15, 0.2) is 48.5 Å². The molecule has 0 bridgehead atoms. The summed E-state index contributed by atoms with van der Waals surface area (Å²) in [5, 5.41) is 2.81. The van der Waals surface area contributed by atoms with E-state index in [1.165, 1.54) is 11.8 Å². The van der Waals surface area contributed by atoms with E-state index in [9.17, 15) is 9.59 Å². The maximum Gasteiger partial charge on any atom is 0.237 e. The predicted molar refractivity (Wildman–Crippen MR) is 121 cm³/mol. The Hall–Kier alpha value is -2.67. The third-order valence-corrected chi connectivity index (χ3v) is 6.99. The lowest BCUT2D eigenvalue weighted by Gasteiger charge is -2.36. The topological polar surface area (TPSA) is 61.9 Å². The number of hydrogen-bond acceptors (Lipinski definition) is 5. The van der Waals surface area contributed by atoms with E-state index in [0.29, 0.717) is 18.8 Å². The van der Waals surface area contributed by atoms with Crippen molar-refractivity contribution in [1.82, 2.24) is 4.90 Å². The summed E-state index contributed by atoms with van der Waals surface area (Å²) in [4.78, 5) is 29.5. The van der Waals surface area contributed by atoms with Crippen molar-refractivity contribution in [3.05, 3.63) is 54.1 Å². The molecule has 2 aromatic carbocycles. The molecule has 158 valence electrons. The first kappa shape index (κ1) is 20.6. The molecule has 0 radical (unpaired) electrons. The molecule has 6 nitrogen and oxygen atoms in total. The number of thioether (sulfide) groups is 1. The van der Waals surface area contributed by atoms with Gasteiger partial charge in [-0.3, -0.25) is 9.59 Å². The lowest BCUT2D eigenvalue weighted by atomic mass is 10.1. The number of piperazine rings is 1. The number of aryl methyl sites for hydroxylation is 1. The third kappa shape index (κ3) is 4.73. The molecule has 4 rings (SSSR count). The van der Waals surface area contributed by atoms with Gasteiger partial charge in [-0.2, -0.15) is 0 Å². The second-order valence-corrected chi connectivity index (χ2v) is 8.74. The molecule has 2 heterocycles. The highest BCUT2D eigenvalue weighted by atomic mass is 32.2. The fraction of sp³-hybridized carbons (Fsp3) is 0.391. The number of nitrogens with zero attached hydrogens (tertiary/aromatic N) is 2. The molecule has 1 atom stereocenters. The molecule has 0 unspecified atom stereocenters. The maximum atomic E-state index is 12.7. The van der Waals surface area contributed by atoms with Crippen LogP contribution in [-0.2, 0) is 16.0 Å². The van der Waals surface area contributed by atoms with E-state index in [-0.39, 0.29) is 17.1 Å². The zero-order chi connectivity index (χ0) is 20.9. The highest BCUT2D eigenvalue weighted by molar-refractivity contribution is 8.01. The highest BCUT2D eigenvalue weighted by Crippen LogP contribution is 2.27. The van der Waals surface area contributed by atoms with Crippen molar-refractivity contribution in [1.29, 1.82) is 0 Å². The summed E-state index contributed by atoms with van der Waals surface area (Å²) in [6.45, 7) is 3.02. The van der Waals surface area contributed by atoms with Crippen molar-refractivity contribution in [2.45, 2.75) is 18.1 Å². The SMILES string of the molecule is COc1ccc(N2CCN(C(=O)CS[C@@H]3CCc4ccccc4NC3=O)CC2)cc1. The van der Waals surface area contributed by atoms with Crippen LogP contribution in [0.5, 0.6) is 5.75 Å². The van der Waals surface area contributed by atoms with Gasteiger partial charge in [-0.05, 0) is 48.7 Å². The minimum atomic E-state index is -0.193. The van der Waals surface area contributed by atoms with Crippen molar-refractivity contribution in [2.24, 2.45) is 0 Å². The van der Waals surface area contributed by atoms with Crippen LogP contribution in [0, 0.1) is 0 Å². The van der Waals surface area contributed by atoms with Crippen molar-refractivity contribution < 1.29 is 14.3 Å². The number of anilines is 2. The first-order chi connectivity index (χ1) is 14.6. The van der Waals surface area contributed by atoms with Crippen LogP contribution in [0.25, 0.3) is 0 Å². The molecule has 1 fully saturated rings. The van der Waals surface area contributed by atoms with Gasteiger partial charge in [0.05, 0.1) is 18.1 Å². The molecule has 2 aliphatic rings. The largest absolute Gasteiger partial charge is 0.497 e. The molecule has 0 aromatic heterocycles. The number of carbonyl (C=O) groups is 2. The monoisotopic (exact) mass is 425 g/mol. The Morgan fingerprint density at radius 2 is 1.83 bits per heavy atom. The average molecular weight is 426 g/mol. The average Bonchev–Trinajstić information content (AvgIpc) is 2.95. The van der Waals surface area contributed by atoms with Crippen LogP contribution >= 0.6 is 11.8 Å². The van der Waals surface area contributed by atoms with Gasteiger partial charge in [-0.1, -0.05) is 18.2 Å². The summed E-state index contributed by atoms with van der Waals surface area (Å²) < 4.78 is 5.21. The van der Waals surface area contributed by atoms with E-state index in [4.69, 9.17) is 4.74 Å². The van der Waals surface area contributed by atoms with Crippen LogP contribution < -0.4 is 15.0 Å². The van der Waals surface area contributed by atoms with Gasteiger partial charge in [0, 0.05) is 37.6 Å². The van der Waals surface area contributed by atoms with Crippen LogP contribution in [0.1, 0.15) is 12.0 Å². The van der Waals surface area contributed by atoms with Crippen LogP contribution in [0.2, 0.25) is 0 Å². The number of methoxy groups -OCH3 is 1. The summed E-state index contributed by atoms with van der Waals surface area (Å²) in [5.74, 6) is 1.30. The molecular weight excluding hydrogens is 398 g/mol. The molecule has 30 heavy (non-hydrogen) atoms. The van der Waals surface area contributed by atoms with Crippen LogP contribution in [0.4, 0.5) is 11.4 Å². The standard InChI is InChI=1S/C23H27N3O3S/c1-29-19-9-7-18(8-10-19)25-12-14-26(15-13-25)22(27)16-30-21-11-6-17-4-2-3-5-20(17)24-23(21)28/h2-5,7-10,21H,6,11-16H2,1H3,(H,24,28)/t21-/m1/s1. The first-order valence-corrected chi connectivity index (χ1v) is 11.4. The predicted octanol–water partition coefficient (Wildman–Crippen LogP) is 3.03. The second kappa shape index (κ2) is 9.43. The third-order valence-electron chi connectivity index (χ3n) is 5.72. The van der Waals surface area contributed by atoms with Crippen LogP contribution in [-0.4, -0.2) is 61.0 Å². The number of amides is 2. The molecule has 2 aliphatic heterocycles. The molecule has 2 amide bonds. The van der Waals surface area contributed by atoms with E-state index < -0.39 is 0 Å². The first-order valence-electron chi connectivity index (χ1n) is 10.3. The van der Waals surface area contributed by atoms with E-state index in [2.05, 4.69) is 28.4 Å². The summed E-state index contributed by atoms with van der Waals surface area (Å²) in [5.41, 5.74) is 3.20. The maximum absolute atomic E-state index is 12.7. The fourth-order valence-corrected chi connectivity index (χ4v) is 4.94. The number of benzene rings is 2. The number of nitrogens with one attached hydrogen (secondary N) is 1. The number of carbonyl (C=O) groups excluding carboxylic acids is 2. The Balaban J connectivity index is 1.25. The number of rotatable bonds is 5. The van der Waals surface area contributed by atoms with Crippen molar-refractivity contribution in [3.8, 4) is 5.75 Å². The van der Waals surface area contributed by atoms with Gasteiger partial charge in [0.15, 0.2) is 0 Å². The van der Waals surface area contributed by atoms with E-state index in [1.54, 1.807) is 7.11 Å². The summed E-state index contributed by atoms with van der Waals surface area (Å²) in [7, 11) is 1.66. The van der Waals surface area contributed by atoms with Gasteiger partial charge in [-0.25, -0.2) is 0 Å². The van der Waals surface area contributed by atoms with Gasteiger partial charge in [-0.15, -0.1) is 11.8 Å². The Kier molecular flexibility index (Phi) is 6.47. The van der Waals surface area contributed by atoms with Gasteiger partial charge in [0.1, 0.15) is 5.75 Å². The quantitative estimate of drug-likeness (QED) is 0.798. The highest BCUT2D eigenvalue weighted by Gasteiger charge is 2.27. The van der Waals surface area contributed by atoms with Gasteiger partial charge in [0.2, 0.25) is 11.8 Å². The molecule has 0 aliphatic carbocycles. The summed E-state index contributed by atoms with van der Waals surface area (Å²) in [6.07, 6.45) is 1.60. The van der Waals surface area contributed by atoms with Gasteiger partial charge >= 0.3 is 0 Å². The van der Waals surface area contributed by atoms with E-state index in [0.717, 1.165) is 48.6 Å². The molecule has 2 aromatic rings. The Labute approximate surface area is 181 Å². The van der Waals surface area contributed by atoms with Gasteiger partial charge < -0.3 is 19.9 Å². The molecule has 0 spiro atoms. The Bertz CT molecular complexity index is 895. The molecule has 0 saturated carbocycles. The number of para-hydroxylation sites is 1. The minimum absolute atomic E-state index is 0.00192. The zero-order valence-corrected chi connectivity index (χ0v) is 18.0. The van der Waals surface area contributed by atoms with Crippen molar-refractivity contribution in [3.63, 3.8) is 0 Å². The number of ether oxygens (including phenoxy) is 1. The van der Waals surface area contributed by atoms with E-state index >= 15 is 0 Å². The summed E-state index contributed by atoms with van der Waals surface area (Å²) >= 11 is 1.46. The smallest absolute Gasteiger partial charge is 0.237 e. The van der Waals surface area contributed by atoms with Crippen molar-refractivity contribution in [2.75, 3.05) is 49.3 Å². The number of fused-ring (bicyclic) bond motifs is 1. The fourth-order valence-electron chi connectivity index (χ4n) is 3.92. The minimum Gasteiger partial charge on any atom is -0.497 e. The van der Waals surface area contributed by atoms with Crippen LogP contribution in [0.3, 0.4) is 0 Å². The molecule has 7 heteroatoms. The van der Waals surface area contributed by atoms with E-state index in [1.807, 2.05) is 35.2 Å². The molecular formula is C23H27N3O3S. The van der Waals surface area contributed by atoms with Gasteiger partial charge in [0.25, 0.3) is 0 Å². The van der Waals surface area contributed by atoms with Crippen molar-refractivity contribution >= 4 is 35.0 Å². The Morgan fingerprint density at radius 3 is 2.57 bits per heavy atom. The lowest BCUT2D eigenvalue weighted by Crippen LogP contribution is -2.49. The molecule has 1 saturated heterocycles.